The fraction of sp³-hybridized carbons (Fsp3) is 0.333. The fourth-order valence-electron chi connectivity index (χ4n) is 1.32. The van der Waals surface area contributed by atoms with Crippen molar-refractivity contribution in [2.24, 2.45) is 5.73 Å². The van der Waals surface area contributed by atoms with Gasteiger partial charge in [0.2, 0.25) is 5.89 Å². The van der Waals surface area contributed by atoms with Gasteiger partial charge < -0.3 is 10.3 Å². The first-order chi connectivity index (χ1) is 8.11. The molecule has 2 heterocycles. The number of aryl methyl sites for hydroxylation is 1. The van der Waals surface area contributed by atoms with Gasteiger partial charge in [-0.1, -0.05) is 5.16 Å². The second kappa shape index (κ2) is 4.76. The minimum atomic E-state index is -0.184. The van der Waals surface area contributed by atoms with Crippen LogP contribution in [0.3, 0.4) is 0 Å². The lowest BCUT2D eigenvalue weighted by Crippen LogP contribution is -2.25. The first-order valence-corrected chi connectivity index (χ1v) is 5.64. The summed E-state index contributed by atoms with van der Waals surface area (Å²) < 4.78 is 6.71. The van der Waals surface area contributed by atoms with Gasteiger partial charge in [-0.05, 0) is 22.9 Å². The Morgan fingerprint density at radius 1 is 1.59 bits per heavy atom. The van der Waals surface area contributed by atoms with Crippen molar-refractivity contribution in [1.82, 2.24) is 19.7 Å². The summed E-state index contributed by atoms with van der Waals surface area (Å²) in [5.74, 6) is 1.32. The fourth-order valence-corrected chi connectivity index (χ4v) is 1.63. The van der Waals surface area contributed by atoms with Crippen LogP contribution in [0.5, 0.6) is 0 Å². The van der Waals surface area contributed by atoms with Crippen molar-refractivity contribution in [3.05, 3.63) is 38.6 Å². The summed E-state index contributed by atoms with van der Waals surface area (Å²) in [5.41, 5.74) is 5.17. The number of hydrogen-bond acceptors (Lipinski definition) is 6. The number of hydrogen-bond donors (Lipinski definition) is 1. The average Bonchev–Trinajstić information content (AvgIpc) is 2.77. The van der Waals surface area contributed by atoms with E-state index in [2.05, 4.69) is 31.1 Å². The van der Waals surface area contributed by atoms with Crippen molar-refractivity contribution >= 4 is 15.9 Å². The molecule has 0 aliphatic carbocycles. The van der Waals surface area contributed by atoms with Gasteiger partial charge in [-0.2, -0.15) is 4.98 Å². The van der Waals surface area contributed by atoms with Gasteiger partial charge in [-0.3, -0.25) is 9.36 Å². The molecule has 2 aromatic heterocycles. The van der Waals surface area contributed by atoms with Crippen LogP contribution in [0.25, 0.3) is 0 Å². The van der Waals surface area contributed by atoms with Crippen molar-refractivity contribution in [2.75, 3.05) is 0 Å². The molecule has 0 atom stereocenters. The van der Waals surface area contributed by atoms with Crippen molar-refractivity contribution < 1.29 is 4.52 Å². The maximum Gasteiger partial charge on any atom is 0.268 e. The van der Waals surface area contributed by atoms with Gasteiger partial charge in [0.1, 0.15) is 10.3 Å². The number of halogens is 1. The van der Waals surface area contributed by atoms with E-state index in [4.69, 9.17) is 10.3 Å². The van der Waals surface area contributed by atoms with Crippen molar-refractivity contribution in [1.29, 1.82) is 0 Å². The van der Waals surface area contributed by atoms with Crippen LogP contribution in [0.2, 0.25) is 0 Å². The van der Waals surface area contributed by atoms with E-state index < -0.39 is 0 Å². The molecule has 8 heteroatoms. The lowest BCUT2D eigenvalue weighted by atomic mass is 10.5. The summed E-state index contributed by atoms with van der Waals surface area (Å²) in [5, 5.41) is 3.73. The van der Waals surface area contributed by atoms with Crippen LogP contribution < -0.4 is 11.3 Å². The van der Waals surface area contributed by atoms with Crippen LogP contribution in [0.15, 0.2) is 20.0 Å². The van der Waals surface area contributed by atoms with Crippen LogP contribution >= 0.6 is 15.9 Å². The molecule has 0 bridgehead atoms. The highest BCUT2D eigenvalue weighted by Crippen LogP contribution is 2.04. The Morgan fingerprint density at radius 2 is 2.35 bits per heavy atom. The monoisotopic (exact) mass is 299 g/mol. The Kier molecular flexibility index (Phi) is 3.34. The standard InChI is InChI=1S/C9H10BrN5O2/c1-5-12-3-6(10)9(16)15(5)4-7-13-8(2-11)17-14-7/h3H,2,4,11H2,1H3. The first-order valence-electron chi connectivity index (χ1n) is 4.85. The van der Waals surface area contributed by atoms with E-state index in [-0.39, 0.29) is 18.6 Å². The summed E-state index contributed by atoms with van der Waals surface area (Å²) in [4.78, 5) is 19.9. The predicted octanol–water partition coefficient (Wildman–Crippen LogP) is 0.204. The molecule has 17 heavy (non-hydrogen) atoms. The van der Waals surface area contributed by atoms with E-state index >= 15 is 0 Å². The molecule has 0 spiro atoms. The normalized spacial score (nSPS) is 10.8. The van der Waals surface area contributed by atoms with E-state index in [0.717, 1.165) is 0 Å². The third kappa shape index (κ3) is 2.42. The topological polar surface area (TPSA) is 99.8 Å². The summed E-state index contributed by atoms with van der Waals surface area (Å²) in [6.45, 7) is 2.12. The minimum absolute atomic E-state index is 0.178. The summed E-state index contributed by atoms with van der Waals surface area (Å²) in [7, 11) is 0. The molecule has 2 aromatic rings. The van der Waals surface area contributed by atoms with E-state index in [1.807, 2.05) is 0 Å². The molecule has 0 saturated heterocycles. The summed E-state index contributed by atoms with van der Waals surface area (Å²) in [6, 6.07) is 0. The van der Waals surface area contributed by atoms with Gasteiger partial charge in [0.15, 0.2) is 5.82 Å². The van der Waals surface area contributed by atoms with Gasteiger partial charge in [-0.25, -0.2) is 4.98 Å². The Balaban J connectivity index is 2.36. The van der Waals surface area contributed by atoms with Crippen molar-refractivity contribution in [3.63, 3.8) is 0 Å². The van der Waals surface area contributed by atoms with Gasteiger partial charge in [-0.15, -0.1) is 0 Å². The highest BCUT2D eigenvalue weighted by molar-refractivity contribution is 9.10. The van der Waals surface area contributed by atoms with Gasteiger partial charge in [0, 0.05) is 6.20 Å². The highest BCUT2D eigenvalue weighted by Gasteiger charge is 2.10. The zero-order valence-electron chi connectivity index (χ0n) is 9.05. The van der Waals surface area contributed by atoms with Gasteiger partial charge in [0.05, 0.1) is 13.1 Å². The zero-order valence-corrected chi connectivity index (χ0v) is 10.6. The molecule has 0 saturated carbocycles. The van der Waals surface area contributed by atoms with Crippen LogP contribution in [-0.2, 0) is 13.1 Å². The van der Waals surface area contributed by atoms with Crippen LogP contribution in [-0.4, -0.2) is 19.7 Å². The largest absolute Gasteiger partial charge is 0.338 e. The van der Waals surface area contributed by atoms with Crippen LogP contribution in [0.1, 0.15) is 17.5 Å². The molecule has 2 N–H and O–H groups in total. The van der Waals surface area contributed by atoms with E-state index in [1.54, 1.807) is 6.92 Å². The van der Waals surface area contributed by atoms with E-state index in [9.17, 15) is 4.79 Å². The van der Waals surface area contributed by atoms with Crippen molar-refractivity contribution in [3.8, 4) is 0 Å². The molecule has 0 aliphatic heterocycles. The molecule has 7 nitrogen and oxygen atoms in total. The van der Waals surface area contributed by atoms with E-state index in [1.165, 1.54) is 10.8 Å². The summed E-state index contributed by atoms with van der Waals surface area (Å²) >= 11 is 3.13. The molecular formula is C9H10BrN5O2. The summed E-state index contributed by atoms with van der Waals surface area (Å²) in [6.07, 6.45) is 1.47. The van der Waals surface area contributed by atoms with Gasteiger partial charge >= 0.3 is 0 Å². The maximum atomic E-state index is 11.8. The third-order valence-electron chi connectivity index (χ3n) is 2.19. The highest BCUT2D eigenvalue weighted by atomic mass is 79.9. The molecule has 90 valence electrons. The Labute approximate surface area is 105 Å². The lowest BCUT2D eigenvalue weighted by molar-refractivity contribution is 0.373. The second-order valence-electron chi connectivity index (χ2n) is 3.35. The second-order valence-corrected chi connectivity index (χ2v) is 4.21. The number of nitrogens with two attached hydrogens (primary N) is 1. The quantitative estimate of drug-likeness (QED) is 0.869. The smallest absolute Gasteiger partial charge is 0.268 e. The third-order valence-corrected chi connectivity index (χ3v) is 2.73. The molecule has 0 aliphatic rings. The van der Waals surface area contributed by atoms with Gasteiger partial charge in [0.25, 0.3) is 5.56 Å². The number of nitrogens with zero attached hydrogens (tertiary/aromatic N) is 4. The molecule has 0 amide bonds. The lowest BCUT2D eigenvalue weighted by Gasteiger charge is -2.05. The Morgan fingerprint density at radius 3 is 3.00 bits per heavy atom. The number of aromatic nitrogens is 4. The number of rotatable bonds is 3. The van der Waals surface area contributed by atoms with E-state index in [0.29, 0.717) is 22.0 Å². The molecule has 0 aromatic carbocycles. The molecule has 0 fully saturated rings. The predicted molar refractivity (Wildman–Crippen MR) is 62.2 cm³/mol. The average molecular weight is 300 g/mol. The zero-order chi connectivity index (χ0) is 12.4. The SMILES string of the molecule is Cc1ncc(Br)c(=O)n1Cc1noc(CN)n1. The molecular weight excluding hydrogens is 290 g/mol. The van der Waals surface area contributed by atoms with Crippen molar-refractivity contribution in [2.45, 2.75) is 20.0 Å². The Hall–Kier alpha value is -1.54. The van der Waals surface area contributed by atoms with Crippen LogP contribution in [0.4, 0.5) is 0 Å². The van der Waals surface area contributed by atoms with Crippen LogP contribution in [0, 0.1) is 6.92 Å². The molecule has 0 unspecified atom stereocenters. The maximum absolute atomic E-state index is 11.8. The minimum Gasteiger partial charge on any atom is -0.338 e. The molecule has 0 radical (unpaired) electrons. The first kappa shape index (κ1) is 11.9. The Bertz CT molecular complexity index is 591. The molecule has 2 rings (SSSR count).